The van der Waals surface area contributed by atoms with Crippen LogP contribution in [0.2, 0.25) is 0 Å². The molecule has 0 aliphatic carbocycles. The molecule has 0 bridgehead atoms. The first-order valence-corrected chi connectivity index (χ1v) is 12.9. The molecule has 2 heterocycles. The highest BCUT2D eigenvalue weighted by atomic mass is 19.2. The summed E-state index contributed by atoms with van der Waals surface area (Å²) in [5.74, 6) is -1.97. The molecule has 2 aliphatic rings. The lowest BCUT2D eigenvalue weighted by molar-refractivity contribution is -0.130. The smallest absolute Gasteiger partial charge is 0.265 e. The van der Waals surface area contributed by atoms with E-state index in [0.717, 1.165) is 44.5 Å². The van der Waals surface area contributed by atoms with Crippen LogP contribution in [0.25, 0.3) is 0 Å². The first-order chi connectivity index (χ1) is 18.3. The van der Waals surface area contributed by atoms with E-state index in [-0.39, 0.29) is 11.8 Å². The molecule has 0 unspecified atom stereocenters. The molecule has 0 saturated carbocycles. The average Bonchev–Trinajstić information content (AvgIpc) is 3.17. The number of aliphatic imine (C=N–C) groups is 1. The minimum absolute atomic E-state index is 0.197. The molecule has 38 heavy (non-hydrogen) atoms. The fourth-order valence-electron chi connectivity index (χ4n) is 5.59. The molecule has 4 nitrogen and oxygen atoms in total. The lowest BCUT2D eigenvalue weighted by atomic mass is 9.82. The highest BCUT2D eigenvalue weighted by Gasteiger charge is 2.49. The average molecular weight is 524 g/mol. The van der Waals surface area contributed by atoms with Gasteiger partial charge in [-0.3, -0.25) is 9.69 Å². The van der Waals surface area contributed by atoms with Gasteiger partial charge in [-0.1, -0.05) is 30.3 Å². The molecule has 8 heteroatoms. The van der Waals surface area contributed by atoms with Crippen molar-refractivity contribution in [2.24, 2.45) is 4.99 Å². The number of piperidine rings is 1. The molecule has 3 aromatic rings. The Hall–Kier alpha value is -3.52. The van der Waals surface area contributed by atoms with Crippen LogP contribution in [0.1, 0.15) is 48.8 Å². The van der Waals surface area contributed by atoms with Crippen LogP contribution in [0.3, 0.4) is 0 Å². The molecular formula is C30H29F4N3O. The topological polar surface area (TPSA) is 35.9 Å². The molecule has 1 amide bonds. The predicted octanol–water partition coefficient (Wildman–Crippen LogP) is 6.02. The Balaban J connectivity index is 1.24. The molecule has 0 atom stereocenters. The summed E-state index contributed by atoms with van der Waals surface area (Å²) in [5, 5.41) is 0. The van der Waals surface area contributed by atoms with Gasteiger partial charge < -0.3 is 4.90 Å². The minimum Gasteiger partial charge on any atom is -0.303 e. The molecule has 3 aromatic carbocycles. The van der Waals surface area contributed by atoms with Crippen molar-refractivity contribution in [3.8, 4) is 0 Å². The second kappa shape index (κ2) is 10.7. The van der Waals surface area contributed by atoms with E-state index in [1.165, 1.54) is 36.4 Å². The largest absolute Gasteiger partial charge is 0.303 e. The van der Waals surface area contributed by atoms with E-state index in [1.54, 1.807) is 42.2 Å². The third kappa shape index (κ3) is 4.97. The lowest BCUT2D eigenvalue weighted by Gasteiger charge is -2.33. The number of nitrogens with zero attached hydrogens (tertiary/aromatic N) is 3. The summed E-state index contributed by atoms with van der Waals surface area (Å²) in [6.45, 7) is 4.68. The van der Waals surface area contributed by atoms with Gasteiger partial charge in [-0.25, -0.2) is 22.6 Å². The second-order valence-corrected chi connectivity index (χ2v) is 9.98. The van der Waals surface area contributed by atoms with Crippen molar-refractivity contribution in [3.05, 3.63) is 107 Å². The van der Waals surface area contributed by atoms with Gasteiger partial charge >= 0.3 is 0 Å². The molecule has 2 aliphatic heterocycles. The van der Waals surface area contributed by atoms with Crippen molar-refractivity contribution in [2.75, 3.05) is 26.2 Å². The summed E-state index contributed by atoms with van der Waals surface area (Å²) < 4.78 is 54.3. The number of hydrogen-bond acceptors (Lipinski definition) is 3. The van der Waals surface area contributed by atoms with Gasteiger partial charge in [-0.05, 0) is 105 Å². The third-order valence-electron chi connectivity index (χ3n) is 7.66. The second-order valence-electron chi connectivity index (χ2n) is 9.98. The summed E-state index contributed by atoms with van der Waals surface area (Å²) in [4.78, 5) is 22.6. The van der Waals surface area contributed by atoms with Crippen molar-refractivity contribution in [1.29, 1.82) is 0 Å². The van der Waals surface area contributed by atoms with Gasteiger partial charge in [0, 0.05) is 6.54 Å². The first-order valence-electron chi connectivity index (χ1n) is 12.9. The van der Waals surface area contributed by atoms with Crippen LogP contribution in [0, 0.1) is 23.3 Å². The van der Waals surface area contributed by atoms with Gasteiger partial charge in [0.25, 0.3) is 5.91 Å². The summed E-state index contributed by atoms with van der Waals surface area (Å²) >= 11 is 0. The van der Waals surface area contributed by atoms with E-state index in [9.17, 15) is 22.4 Å². The lowest BCUT2D eigenvalue weighted by Crippen LogP contribution is -2.43. The molecule has 0 radical (unpaired) electrons. The van der Waals surface area contributed by atoms with Crippen molar-refractivity contribution in [2.45, 2.75) is 37.6 Å². The fourth-order valence-corrected chi connectivity index (χ4v) is 5.59. The Morgan fingerprint density at radius 2 is 1.39 bits per heavy atom. The van der Waals surface area contributed by atoms with Crippen LogP contribution < -0.4 is 0 Å². The monoisotopic (exact) mass is 523 g/mol. The summed E-state index contributed by atoms with van der Waals surface area (Å²) in [5.41, 5.74) is 0.484. The summed E-state index contributed by atoms with van der Waals surface area (Å²) in [6.07, 6.45) is 2.43. The van der Waals surface area contributed by atoms with Gasteiger partial charge in [-0.15, -0.1) is 0 Å². The van der Waals surface area contributed by atoms with E-state index in [4.69, 9.17) is 4.99 Å². The van der Waals surface area contributed by atoms with Gasteiger partial charge in [-0.2, -0.15) is 0 Å². The zero-order chi connectivity index (χ0) is 26.9. The highest BCUT2D eigenvalue weighted by molar-refractivity contribution is 6.09. The van der Waals surface area contributed by atoms with Crippen LogP contribution in [0.5, 0.6) is 0 Å². The first kappa shape index (κ1) is 26.1. The molecule has 1 fully saturated rings. The summed E-state index contributed by atoms with van der Waals surface area (Å²) in [6, 6.07) is 15.5. The molecule has 198 valence electrons. The molecular weight excluding hydrogens is 494 g/mol. The van der Waals surface area contributed by atoms with Crippen LogP contribution in [0.15, 0.2) is 71.7 Å². The number of benzene rings is 3. The zero-order valence-corrected chi connectivity index (χ0v) is 21.1. The number of amidine groups is 1. The summed E-state index contributed by atoms with van der Waals surface area (Å²) in [7, 11) is 0. The fraction of sp³-hybridized carbons (Fsp3) is 0.333. The quantitative estimate of drug-likeness (QED) is 0.355. The maximum absolute atomic E-state index is 13.9. The number of amides is 1. The van der Waals surface area contributed by atoms with Crippen molar-refractivity contribution in [3.63, 3.8) is 0 Å². The SMILES string of the molecule is CC1=NC(c2ccc(F)cc2)(c2ccc(F)cc2)C(=O)N1CCCN1CCC(c2ccc(F)c(F)c2)CC1. The number of likely N-dealkylation sites (tertiary alicyclic amines) is 1. The molecule has 5 rings (SSSR count). The Bertz CT molecular complexity index is 1290. The van der Waals surface area contributed by atoms with E-state index in [1.807, 2.05) is 0 Å². The van der Waals surface area contributed by atoms with E-state index in [0.29, 0.717) is 23.5 Å². The zero-order valence-electron chi connectivity index (χ0n) is 21.1. The van der Waals surface area contributed by atoms with E-state index in [2.05, 4.69) is 4.90 Å². The van der Waals surface area contributed by atoms with Crippen molar-refractivity contribution < 1.29 is 22.4 Å². The Labute approximate surface area is 219 Å². The molecule has 1 saturated heterocycles. The van der Waals surface area contributed by atoms with Crippen LogP contribution >= 0.6 is 0 Å². The van der Waals surface area contributed by atoms with Gasteiger partial charge in [0.2, 0.25) is 0 Å². The van der Waals surface area contributed by atoms with Gasteiger partial charge in [0.1, 0.15) is 17.5 Å². The molecule has 0 aromatic heterocycles. The van der Waals surface area contributed by atoms with Crippen molar-refractivity contribution in [1.82, 2.24) is 9.80 Å². The Kier molecular flexibility index (Phi) is 7.34. The highest BCUT2D eigenvalue weighted by Crippen LogP contribution is 2.40. The van der Waals surface area contributed by atoms with E-state index >= 15 is 0 Å². The number of rotatable bonds is 7. The maximum atomic E-state index is 13.9. The van der Waals surface area contributed by atoms with Crippen LogP contribution in [0.4, 0.5) is 17.6 Å². The van der Waals surface area contributed by atoms with Crippen molar-refractivity contribution >= 4 is 11.7 Å². The number of carbonyl (C=O) groups excluding carboxylic acids is 1. The Morgan fingerprint density at radius 3 is 1.95 bits per heavy atom. The third-order valence-corrected chi connectivity index (χ3v) is 7.66. The maximum Gasteiger partial charge on any atom is 0.265 e. The van der Waals surface area contributed by atoms with Gasteiger partial charge in [0.05, 0.1) is 0 Å². The van der Waals surface area contributed by atoms with E-state index < -0.39 is 28.8 Å². The van der Waals surface area contributed by atoms with Gasteiger partial charge in [0.15, 0.2) is 17.2 Å². The number of carbonyl (C=O) groups is 1. The Morgan fingerprint density at radius 1 is 0.816 bits per heavy atom. The molecule has 0 spiro atoms. The molecule has 0 N–H and O–H groups in total. The van der Waals surface area contributed by atoms with Crippen LogP contribution in [-0.2, 0) is 10.3 Å². The number of halogens is 4. The normalized spacial score (nSPS) is 18.2. The standard InChI is InChI=1S/C30H29F4N3O/c1-20-35-30(23-4-8-25(31)9-5-23,24-6-10-26(32)11-7-24)29(38)37(20)16-2-15-36-17-13-21(14-18-36)22-3-12-27(33)28(34)19-22/h3-12,19,21H,2,13-18H2,1H3. The van der Waals surface area contributed by atoms with Crippen LogP contribution in [-0.4, -0.2) is 47.7 Å². The predicted molar refractivity (Wildman–Crippen MR) is 138 cm³/mol. The number of hydrogen-bond donors (Lipinski definition) is 0. The minimum atomic E-state index is -1.39.